The van der Waals surface area contributed by atoms with Crippen LogP contribution in [0.1, 0.15) is 5.56 Å². The van der Waals surface area contributed by atoms with Crippen LogP contribution in [-0.4, -0.2) is 28.4 Å². The van der Waals surface area contributed by atoms with Gasteiger partial charge in [-0.15, -0.1) is 11.3 Å². The number of thiophene rings is 1. The number of hydrogen-bond acceptors (Lipinski definition) is 7. The normalized spacial score (nSPS) is 11.1. The lowest BCUT2D eigenvalue weighted by atomic mass is 10.1. The molecule has 2 heterocycles. The van der Waals surface area contributed by atoms with Gasteiger partial charge < -0.3 is 9.84 Å². The Morgan fingerprint density at radius 2 is 1.96 bits per heavy atom. The zero-order chi connectivity index (χ0) is 18.6. The molecule has 0 saturated carbocycles. The van der Waals surface area contributed by atoms with Gasteiger partial charge in [-0.25, -0.2) is 9.97 Å². The Balaban J connectivity index is 1.68. The molecule has 0 aliphatic heterocycles. The molecule has 0 radical (unpaired) electrons. The SMILES string of the molecule is COc1cccc(/C=N\Nc2ncnc3scc(-c4ccccc4)c23)c1O. The molecule has 0 unspecified atom stereocenters. The molecule has 0 saturated heterocycles. The van der Waals surface area contributed by atoms with Crippen molar-refractivity contribution in [1.29, 1.82) is 0 Å². The zero-order valence-electron chi connectivity index (χ0n) is 14.5. The Morgan fingerprint density at radius 1 is 1.11 bits per heavy atom. The smallest absolute Gasteiger partial charge is 0.166 e. The number of hydrazone groups is 1. The van der Waals surface area contributed by atoms with Crippen LogP contribution in [-0.2, 0) is 0 Å². The summed E-state index contributed by atoms with van der Waals surface area (Å²) in [5.41, 5.74) is 5.66. The van der Waals surface area contributed by atoms with E-state index in [9.17, 15) is 5.11 Å². The van der Waals surface area contributed by atoms with Crippen molar-refractivity contribution in [2.24, 2.45) is 5.10 Å². The number of nitrogens with zero attached hydrogens (tertiary/aromatic N) is 3. The van der Waals surface area contributed by atoms with Crippen LogP contribution in [0.4, 0.5) is 5.82 Å². The number of para-hydroxylation sites is 1. The van der Waals surface area contributed by atoms with Crippen molar-refractivity contribution in [3.8, 4) is 22.6 Å². The van der Waals surface area contributed by atoms with Gasteiger partial charge in [0.1, 0.15) is 11.2 Å². The number of anilines is 1. The van der Waals surface area contributed by atoms with E-state index in [4.69, 9.17) is 4.74 Å². The van der Waals surface area contributed by atoms with E-state index in [-0.39, 0.29) is 5.75 Å². The second-order valence-corrected chi connectivity index (χ2v) is 6.54. The van der Waals surface area contributed by atoms with Crippen molar-refractivity contribution in [3.05, 3.63) is 65.8 Å². The van der Waals surface area contributed by atoms with E-state index in [2.05, 4.69) is 38.0 Å². The van der Waals surface area contributed by atoms with Crippen LogP contribution in [0.3, 0.4) is 0 Å². The molecule has 2 N–H and O–H groups in total. The number of ether oxygens (including phenoxy) is 1. The highest BCUT2D eigenvalue weighted by atomic mass is 32.1. The van der Waals surface area contributed by atoms with Crippen LogP contribution in [0.15, 0.2) is 65.3 Å². The van der Waals surface area contributed by atoms with Crippen LogP contribution in [0.5, 0.6) is 11.5 Å². The molecule has 0 amide bonds. The van der Waals surface area contributed by atoms with E-state index in [1.807, 2.05) is 18.2 Å². The van der Waals surface area contributed by atoms with Gasteiger partial charge in [-0.2, -0.15) is 5.10 Å². The van der Waals surface area contributed by atoms with Crippen molar-refractivity contribution in [2.45, 2.75) is 0 Å². The van der Waals surface area contributed by atoms with Crippen LogP contribution < -0.4 is 10.2 Å². The average molecular weight is 376 g/mol. The standard InChI is InChI=1S/C20H16N4O2S/c1-26-16-9-5-8-14(18(16)25)10-23-24-19-17-15(13-6-3-2-4-7-13)11-27-20(17)22-12-21-19/h2-12,25H,1H3,(H,21,22,24)/b23-10-. The number of aromatic nitrogens is 2. The fourth-order valence-corrected chi connectivity index (χ4v) is 3.68. The number of hydrogen-bond donors (Lipinski definition) is 2. The molecule has 0 bridgehead atoms. The Hall–Kier alpha value is -3.45. The quantitative estimate of drug-likeness (QED) is 0.395. The summed E-state index contributed by atoms with van der Waals surface area (Å²) in [6.07, 6.45) is 3.04. The summed E-state index contributed by atoms with van der Waals surface area (Å²) in [6, 6.07) is 15.3. The molecule has 0 aliphatic rings. The van der Waals surface area contributed by atoms with Gasteiger partial charge in [-0.3, -0.25) is 5.43 Å². The molecule has 0 atom stereocenters. The van der Waals surface area contributed by atoms with Crippen molar-refractivity contribution >= 4 is 33.6 Å². The molecular formula is C20H16N4O2S. The Morgan fingerprint density at radius 3 is 2.78 bits per heavy atom. The number of phenolic OH excluding ortho intramolecular Hbond substituents is 1. The second kappa shape index (κ2) is 7.43. The summed E-state index contributed by atoms with van der Waals surface area (Å²) in [4.78, 5) is 9.57. The number of benzene rings is 2. The number of rotatable bonds is 5. The van der Waals surface area contributed by atoms with Crippen LogP contribution in [0.2, 0.25) is 0 Å². The molecule has 4 aromatic rings. The third-order valence-electron chi connectivity index (χ3n) is 4.08. The minimum atomic E-state index is 0.0406. The highest BCUT2D eigenvalue weighted by molar-refractivity contribution is 7.17. The largest absolute Gasteiger partial charge is 0.504 e. The van der Waals surface area contributed by atoms with Gasteiger partial charge in [0.15, 0.2) is 17.3 Å². The predicted molar refractivity (Wildman–Crippen MR) is 109 cm³/mol. The van der Waals surface area contributed by atoms with Crippen molar-refractivity contribution < 1.29 is 9.84 Å². The van der Waals surface area contributed by atoms with E-state index in [0.717, 1.165) is 21.3 Å². The maximum absolute atomic E-state index is 10.1. The average Bonchev–Trinajstić information content (AvgIpc) is 3.15. The Bertz CT molecular complexity index is 1110. The Kier molecular flexibility index (Phi) is 4.67. The lowest BCUT2D eigenvalue weighted by molar-refractivity contribution is 0.373. The predicted octanol–water partition coefficient (Wildman–Crippen LogP) is 4.52. The van der Waals surface area contributed by atoms with E-state index >= 15 is 0 Å². The number of nitrogens with one attached hydrogen (secondary N) is 1. The van der Waals surface area contributed by atoms with E-state index in [0.29, 0.717) is 17.1 Å². The third-order valence-corrected chi connectivity index (χ3v) is 4.97. The number of fused-ring (bicyclic) bond motifs is 1. The molecule has 6 nitrogen and oxygen atoms in total. The summed E-state index contributed by atoms with van der Waals surface area (Å²) >= 11 is 1.56. The van der Waals surface area contributed by atoms with Crippen molar-refractivity contribution in [1.82, 2.24) is 9.97 Å². The first-order valence-electron chi connectivity index (χ1n) is 8.20. The molecule has 4 rings (SSSR count). The number of methoxy groups -OCH3 is 1. The van der Waals surface area contributed by atoms with E-state index < -0.39 is 0 Å². The second-order valence-electron chi connectivity index (χ2n) is 5.69. The molecular weight excluding hydrogens is 360 g/mol. The summed E-state index contributed by atoms with van der Waals surface area (Å²) in [5.74, 6) is 1.05. The van der Waals surface area contributed by atoms with Crippen molar-refractivity contribution in [2.75, 3.05) is 12.5 Å². The molecule has 2 aromatic heterocycles. The fraction of sp³-hybridized carbons (Fsp3) is 0.0500. The highest BCUT2D eigenvalue weighted by Gasteiger charge is 2.12. The number of aromatic hydroxyl groups is 1. The monoisotopic (exact) mass is 376 g/mol. The van der Waals surface area contributed by atoms with E-state index in [1.54, 1.807) is 29.5 Å². The first-order valence-corrected chi connectivity index (χ1v) is 9.08. The summed E-state index contributed by atoms with van der Waals surface area (Å²) in [7, 11) is 1.51. The molecule has 7 heteroatoms. The molecule has 27 heavy (non-hydrogen) atoms. The summed E-state index contributed by atoms with van der Waals surface area (Å²) in [5, 5.41) is 17.4. The minimum Gasteiger partial charge on any atom is -0.504 e. The highest BCUT2D eigenvalue weighted by Crippen LogP contribution is 2.36. The van der Waals surface area contributed by atoms with Crippen LogP contribution >= 0.6 is 11.3 Å². The summed E-state index contributed by atoms with van der Waals surface area (Å²) < 4.78 is 5.11. The lowest BCUT2D eigenvalue weighted by Gasteiger charge is -2.06. The first-order chi connectivity index (χ1) is 13.3. The Labute approximate surface area is 159 Å². The van der Waals surface area contributed by atoms with Gasteiger partial charge in [0.25, 0.3) is 0 Å². The first kappa shape index (κ1) is 17.0. The topological polar surface area (TPSA) is 79.6 Å². The molecule has 0 aliphatic carbocycles. The van der Waals surface area contributed by atoms with Crippen LogP contribution in [0.25, 0.3) is 21.3 Å². The minimum absolute atomic E-state index is 0.0406. The van der Waals surface area contributed by atoms with Gasteiger partial charge in [0.05, 0.1) is 18.7 Å². The van der Waals surface area contributed by atoms with E-state index in [1.165, 1.54) is 19.7 Å². The van der Waals surface area contributed by atoms with Gasteiger partial charge in [-0.05, 0) is 17.7 Å². The molecule has 0 fully saturated rings. The molecule has 2 aromatic carbocycles. The summed E-state index contributed by atoms with van der Waals surface area (Å²) in [6.45, 7) is 0. The molecule has 0 spiro atoms. The van der Waals surface area contributed by atoms with Crippen molar-refractivity contribution in [3.63, 3.8) is 0 Å². The van der Waals surface area contributed by atoms with Gasteiger partial charge in [0, 0.05) is 16.5 Å². The molecule has 134 valence electrons. The third kappa shape index (κ3) is 3.32. The number of phenols is 1. The van der Waals surface area contributed by atoms with Gasteiger partial charge in [0.2, 0.25) is 0 Å². The fourth-order valence-electron chi connectivity index (χ4n) is 2.76. The van der Waals surface area contributed by atoms with Gasteiger partial charge >= 0.3 is 0 Å². The van der Waals surface area contributed by atoms with Crippen LogP contribution in [0, 0.1) is 0 Å². The maximum atomic E-state index is 10.1. The maximum Gasteiger partial charge on any atom is 0.166 e. The van der Waals surface area contributed by atoms with Gasteiger partial charge in [-0.1, -0.05) is 36.4 Å². The zero-order valence-corrected chi connectivity index (χ0v) is 15.3. The lowest BCUT2D eigenvalue weighted by Crippen LogP contribution is -1.96.